The summed E-state index contributed by atoms with van der Waals surface area (Å²) in [5, 5.41) is 6.54. The van der Waals surface area contributed by atoms with Gasteiger partial charge in [-0.2, -0.15) is 0 Å². The van der Waals surface area contributed by atoms with Crippen molar-refractivity contribution in [1.82, 2.24) is 9.47 Å². The zero-order valence-corrected chi connectivity index (χ0v) is 21.0. The topological polar surface area (TPSA) is 46.5 Å². The number of hydrogen-bond donors (Lipinski definition) is 1. The summed E-state index contributed by atoms with van der Waals surface area (Å²) in [4.78, 5) is 18.7. The first-order chi connectivity index (χ1) is 16.6. The molecule has 1 aromatic carbocycles. The number of anilines is 1. The van der Waals surface area contributed by atoms with Crippen LogP contribution in [0.25, 0.3) is 5.00 Å². The molecule has 0 fully saturated rings. The molecular weight excluding hydrogens is 462 g/mol. The fraction of sp³-hybridized carbons (Fsp3) is 0.296. The van der Waals surface area contributed by atoms with Crippen molar-refractivity contribution in [2.45, 2.75) is 45.2 Å². The van der Waals surface area contributed by atoms with Gasteiger partial charge >= 0.3 is 6.03 Å². The lowest BCUT2D eigenvalue weighted by Crippen LogP contribution is -2.38. The summed E-state index contributed by atoms with van der Waals surface area (Å²) in [5.74, 6) is 0.665. The van der Waals surface area contributed by atoms with Gasteiger partial charge < -0.3 is 19.5 Å². The number of urea groups is 1. The van der Waals surface area contributed by atoms with Gasteiger partial charge in [-0.05, 0) is 79.4 Å². The third-order valence-corrected chi connectivity index (χ3v) is 9.11. The summed E-state index contributed by atoms with van der Waals surface area (Å²) < 4.78 is 7.86. The van der Waals surface area contributed by atoms with Crippen LogP contribution in [0.5, 0.6) is 5.75 Å². The minimum atomic E-state index is -0.162. The molecule has 7 heteroatoms. The zero-order chi connectivity index (χ0) is 23.2. The molecule has 4 heterocycles. The molecular formula is C27H27N3O2S2. The Labute approximate surface area is 207 Å². The predicted molar refractivity (Wildman–Crippen MR) is 139 cm³/mol. The van der Waals surface area contributed by atoms with Gasteiger partial charge in [-0.25, -0.2) is 4.79 Å². The van der Waals surface area contributed by atoms with E-state index in [-0.39, 0.29) is 12.1 Å². The van der Waals surface area contributed by atoms with Crippen LogP contribution in [0.2, 0.25) is 0 Å². The Balaban J connectivity index is 1.48. The van der Waals surface area contributed by atoms with E-state index in [9.17, 15) is 4.79 Å². The molecule has 4 aromatic rings. The largest absolute Gasteiger partial charge is 0.495 e. The molecule has 0 radical (unpaired) electrons. The molecule has 0 saturated heterocycles. The SMILES string of the molecule is COc1ccc(C)cc1NC(=O)N1Cc2c(sc3c2CCCC3)-n2cccc2[C@@H]1c1cccs1. The van der Waals surface area contributed by atoms with Crippen molar-refractivity contribution in [2.24, 2.45) is 0 Å². The molecule has 1 aliphatic heterocycles. The summed E-state index contributed by atoms with van der Waals surface area (Å²) in [6.07, 6.45) is 6.87. The van der Waals surface area contributed by atoms with Crippen molar-refractivity contribution in [2.75, 3.05) is 12.4 Å². The lowest BCUT2D eigenvalue weighted by Gasteiger charge is -2.30. The molecule has 0 bridgehead atoms. The standard InChI is InChI=1S/C27H27N3O2S2/c1-17-11-12-22(32-2)20(15-17)28-27(31)30-16-19-18-7-3-4-9-23(18)34-26(19)29-13-5-8-21(29)25(30)24-10-6-14-33-24/h5-6,8,10-15,25H,3-4,7,9,16H2,1-2H3,(H,28,31)/t25-/m1/s1. The average Bonchev–Trinajstić information content (AvgIpc) is 3.59. The molecule has 1 atom stereocenters. The van der Waals surface area contributed by atoms with Crippen LogP contribution in [-0.2, 0) is 19.4 Å². The van der Waals surface area contributed by atoms with Gasteiger partial charge in [-0.15, -0.1) is 22.7 Å². The van der Waals surface area contributed by atoms with E-state index < -0.39 is 0 Å². The van der Waals surface area contributed by atoms with Gasteiger partial charge in [-0.1, -0.05) is 12.1 Å². The van der Waals surface area contributed by atoms with Gasteiger partial charge in [-0.3, -0.25) is 0 Å². The minimum Gasteiger partial charge on any atom is -0.495 e. The number of carbonyl (C=O) groups excluding carboxylic acids is 1. The fourth-order valence-electron chi connectivity index (χ4n) is 5.24. The van der Waals surface area contributed by atoms with Gasteiger partial charge in [0.2, 0.25) is 0 Å². The number of hydrogen-bond acceptors (Lipinski definition) is 4. The molecule has 2 aliphatic rings. The van der Waals surface area contributed by atoms with Crippen LogP contribution in [-0.4, -0.2) is 22.6 Å². The van der Waals surface area contributed by atoms with Crippen LogP contribution < -0.4 is 10.1 Å². The van der Waals surface area contributed by atoms with Crippen LogP contribution in [0.1, 0.15) is 51.0 Å². The van der Waals surface area contributed by atoms with E-state index >= 15 is 0 Å². The van der Waals surface area contributed by atoms with Gasteiger partial charge in [0.05, 0.1) is 25.0 Å². The highest BCUT2D eigenvalue weighted by atomic mass is 32.1. The second kappa shape index (κ2) is 8.64. The third kappa shape index (κ3) is 3.54. The van der Waals surface area contributed by atoms with Crippen LogP contribution >= 0.6 is 22.7 Å². The minimum absolute atomic E-state index is 0.112. The van der Waals surface area contributed by atoms with E-state index in [0.29, 0.717) is 18.0 Å². The summed E-state index contributed by atoms with van der Waals surface area (Å²) in [6, 6.07) is 14.0. The highest BCUT2D eigenvalue weighted by molar-refractivity contribution is 7.15. The smallest absolute Gasteiger partial charge is 0.323 e. The number of thiophene rings is 2. The second-order valence-electron chi connectivity index (χ2n) is 8.98. The highest BCUT2D eigenvalue weighted by Crippen LogP contribution is 2.45. The maximum atomic E-state index is 14.0. The summed E-state index contributed by atoms with van der Waals surface area (Å²) in [7, 11) is 1.64. The zero-order valence-electron chi connectivity index (χ0n) is 19.3. The van der Waals surface area contributed by atoms with Crippen molar-refractivity contribution in [3.8, 4) is 10.8 Å². The Morgan fingerprint density at radius 3 is 2.82 bits per heavy atom. The van der Waals surface area contributed by atoms with Crippen molar-refractivity contribution >= 4 is 34.4 Å². The monoisotopic (exact) mass is 489 g/mol. The molecule has 3 aromatic heterocycles. The number of nitrogens with one attached hydrogen (secondary N) is 1. The Morgan fingerprint density at radius 2 is 2.00 bits per heavy atom. The van der Waals surface area contributed by atoms with Crippen molar-refractivity contribution in [1.29, 1.82) is 0 Å². The van der Waals surface area contributed by atoms with E-state index in [0.717, 1.165) is 29.0 Å². The molecule has 0 saturated carbocycles. The average molecular weight is 490 g/mol. The molecule has 1 aliphatic carbocycles. The van der Waals surface area contributed by atoms with Crippen molar-refractivity contribution in [3.05, 3.63) is 86.2 Å². The van der Waals surface area contributed by atoms with Crippen molar-refractivity contribution < 1.29 is 9.53 Å². The number of fused-ring (bicyclic) bond motifs is 5. The van der Waals surface area contributed by atoms with Gasteiger partial charge in [0.25, 0.3) is 0 Å². The van der Waals surface area contributed by atoms with Crippen LogP contribution in [0.15, 0.2) is 54.0 Å². The summed E-state index contributed by atoms with van der Waals surface area (Å²) >= 11 is 3.61. The van der Waals surface area contributed by atoms with E-state index in [2.05, 4.69) is 45.7 Å². The first kappa shape index (κ1) is 21.5. The normalized spacial score (nSPS) is 16.9. The first-order valence-corrected chi connectivity index (χ1v) is 13.4. The third-order valence-electron chi connectivity index (χ3n) is 6.85. The Kier molecular flexibility index (Phi) is 5.46. The summed E-state index contributed by atoms with van der Waals surface area (Å²) in [5.41, 5.74) is 5.67. The quantitative estimate of drug-likeness (QED) is 0.339. The Bertz CT molecular complexity index is 1350. The first-order valence-electron chi connectivity index (χ1n) is 11.7. The van der Waals surface area contributed by atoms with Crippen LogP contribution in [0.4, 0.5) is 10.5 Å². The summed E-state index contributed by atoms with van der Waals surface area (Å²) in [6.45, 7) is 2.61. The number of benzene rings is 1. The second-order valence-corrected chi connectivity index (χ2v) is 11.0. The van der Waals surface area contributed by atoms with E-state index in [1.54, 1.807) is 18.4 Å². The van der Waals surface area contributed by atoms with E-state index in [1.807, 2.05) is 41.4 Å². The maximum Gasteiger partial charge on any atom is 0.323 e. The van der Waals surface area contributed by atoms with Gasteiger partial charge in [0, 0.05) is 21.5 Å². The maximum absolute atomic E-state index is 14.0. The number of rotatable bonds is 3. The number of aryl methyl sites for hydroxylation is 2. The number of aromatic nitrogens is 1. The van der Waals surface area contributed by atoms with Crippen LogP contribution in [0.3, 0.4) is 0 Å². The lowest BCUT2D eigenvalue weighted by molar-refractivity contribution is 0.195. The molecule has 2 amide bonds. The number of amides is 2. The molecule has 6 rings (SSSR count). The fourth-order valence-corrected chi connectivity index (χ4v) is 7.49. The molecule has 1 N–H and O–H groups in total. The van der Waals surface area contributed by atoms with Crippen LogP contribution in [0, 0.1) is 6.92 Å². The number of methoxy groups -OCH3 is 1. The molecule has 34 heavy (non-hydrogen) atoms. The Hall–Kier alpha value is -3.03. The van der Waals surface area contributed by atoms with Gasteiger partial charge in [0.1, 0.15) is 16.8 Å². The number of ether oxygens (including phenoxy) is 1. The Morgan fingerprint density at radius 1 is 1.12 bits per heavy atom. The highest BCUT2D eigenvalue weighted by Gasteiger charge is 2.36. The molecule has 0 spiro atoms. The predicted octanol–water partition coefficient (Wildman–Crippen LogP) is 6.93. The van der Waals surface area contributed by atoms with Gasteiger partial charge in [0.15, 0.2) is 0 Å². The number of carbonyl (C=O) groups is 1. The van der Waals surface area contributed by atoms with Crippen molar-refractivity contribution in [3.63, 3.8) is 0 Å². The van der Waals surface area contributed by atoms with E-state index in [4.69, 9.17) is 4.74 Å². The molecule has 174 valence electrons. The van der Waals surface area contributed by atoms with E-state index in [1.165, 1.54) is 33.8 Å². The molecule has 5 nitrogen and oxygen atoms in total. The number of nitrogens with zero attached hydrogens (tertiary/aromatic N) is 2. The molecule has 0 unspecified atom stereocenters. The lowest BCUT2D eigenvalue weighted by atomic mass is 9.95.